The van der Waals surface area contributed by atoms with Crippen LogP contribution in [0, 0.1) is 0 Å². The number of nitrogens with one attached hydrogen (secondary N) is 2. The van der Waals surface area contributed by atoms with E-state index < -0.39 is 15.9 Å². The van der Waals surface area contributed by atoms with Crippen LogP contribution in [0.25, 0.3) is 0 Å². The Kier molecular flexibility index (Phi) is 4.68. The van der Waals surface area contributed by atoms with Crippen molar-refractivity contribution in [1.82, 2.24) is 10.0 Å². The number of sulfonamides is 1. The molecule has 24 heavy (non-hydrogen) atoms. The highest BCUT2D eigenvalue weighted by Gasteiger charge is 2.28. The Bertz CT molecular complexity index is 926. The van der Waals surface area contributed by atoms with Gasteiger partial charge in [-0.05, 0) is 30.2 Å². The van der Waals surface area contributed by atoms with Crippen molar-refractivity contribution in [3.05, 3.63) is 58.6 Å². The van der Waals surface area contributed by atoms with Crippen molar-refractivity contribution in [1.29, 1.82) is 0 Å². The molecule has 1 amide bonds. The molecule has 0 aromatic heterocycles. The van der Waals surface area contributed by atoms with Crippen molar-refractivity contribution in [2.75, 3.05) is 6.54 Å². The number of para-hydroxylation sites is 1. The van der Waals surface area contributed by atoms with Crippen LogP contribution in [0.15, 0.2) is 62.9 Å². The lowest BCUT2D eigenvalue weighted by atomic mass is 10.1. The molecule has 2 aromatic rings. The Morgan fingerprint density at radius 1 is 1.12 bits per heavy atom. The smallest absolute Gasteiger partial charge is 0.287 e. The molecule has 0 saturated carbocycles. The van der Waals surface area contributed by atoms with Crippen LogP contribution >= 0.6 is 15.9 Å². The molecule has 0 unspecified atom stereocenters. The summed E-state index contributed by atoms with van der Waals surface area (Å²) in [4.78, 5) is 16.3. The average molecular weight is 408 g/mol. The number of hydrogen-bond donors (Lipinski definition) is 2. The second-order valence-electron chi connectivity index (χ2n) is 5.13. The summed E-state index contributed by atoms with van der Waals surface area (Å²) in [6.07, 6.45) is 0.615. The Balaban J connectivity index is 1.70. The summed E-state index contributed by atoms with van der Waals surface area (Å²) >= 11 is 3.44. The molecule has 0 atom stereocenters. The Labute approximate surface area is 148 Å². The molecule has 1 aliphatic heterocycles. The van der Waals surface area contributed by atoms with Gasteiger partial charge in [0.1, 0.15) is 4.90 Å². The molecule has 0 radical (unpaired) electrons. The van der Waals surface area contributed by atoms with Gasteiger partial charge in [0.2, 0.25) is 5.84 Å². The number of fused-ring (bicyclic) bond motifs is 1. The van der Waals surface area contributed by atoms with E-state index in [0.717, 1.165) is 10.0 Å². The summed E-state index contributed by atoms with van der Waals surface area (Å²) < 4.78 is 27.5. The maximum atomic E-state index is 12.2. The van der Waals surface area contributed by atoms with Crippen LogP contribution in [-0.2, 0) is 21.2 Å². The number of benzene rings is 2. The average Bonchev–Trinajstić information content (AvgIpc) is 2.56. The summed E-state index contributed by atoms with van der Waals surface area (Å²) in [7, 11) is -3.77. The zero-order chi connectivity index (χ0) is 17.2. The second kappa shape index (κ2) is 6.74. The van der Waals surface area contributed by atoms with Crippen molar-refractivity contribution in [2.24, 2.45) is 4.99 Å². The largest absolute Gasteiger partial charge is 0.349 e. The highest BCUT2D eigenvalue weighted by molar-refractivity contribution is 9.10. The quantitative estimate of drug-likeness (QED) is 0.813. The molecule has 0 spiro atoms. The zero-order valence-electron chi connectivity index (χ0n) is 12.5. The van der Waals surface area contributed by atoms with Crippen LogP contribution in [0.1, 0.15) is 5.56 Å². The van der Waals surface area contributed by atoms with Crippen LogP contribution in [0.2, 0.25) is 0 Å². The number of hydrogen-bond acceptors (Lipinski definition) is 4. The van der Waals surface area contributed by atoms with Crippen molar-refractivity contribution in [3.63, 3.8) is 0 Å². The monoisotopic (exact) mass is 407 g/mol. The van der Waals surface area contributed by atoms with Gasteiger partial charge in [0.25, 0.3) is 15.9 Å². The molecule has 124 valence electrons. The molecular formula is C16H14BrN3O3S. The lowest BCUT2D eigenvalue weighted by Gasteiger charge is -2.17. The Hall–Kier alpha value is -2.19. The van der Waals surface area contributed by atoms with E-state index in [1.54, 1.807) is 18.2 Å². The van der Waals surface area contributed by atoms with Crippen LogP contribution in [0.3, 0.4) is 0 Å². The molecule has 8 heteroatoms. The van der Waals surface area contributed by atoms with E-state index in [0.29, 0.717) is 13.0 Å². The fraction of sp³-hybridized carbons (Fsp3) is 0.125. The number of halogens is 1. The standard InChI is InChI=1S/C16H14BrN3O3S/c17-12-6-2-1-5-11(12)9-10-18-16(21)15-19-13-7-3-4-8-14(13)24(22,23)20-15/h1-8H,9-10H2,(H,18,21)(H,19,20). The summed E-state index contributed by atoms with van der Waals surface area (Å²) in [5.41, 5.74) is 1.31. The molecule has 1 aliphatic rings. The molecule has 0 fully saturated rings. The van der Waals surface area contributed by atoms with Gasteiger partial charge >= 0.3 is 0 Å². The summed E-state index contributed by atoms with van der Waals surface area (Å²) in [5.74, 6) is -0.777. The van der Waals surface area contributed by atoms with Gasteiger partial charge in [-0.3, -0.25) is 9.52 Å². The third kappa shape index (κ3) is 3.49. The first-order valence-corrected chi connectivity index (χ1v) is 9.47. The number of carbonyl (C=O) groups excluding carboxylic acids is 1. The topological polar surface area (TPSA) is 87.6 Å². The molecule has 2 N–H and O–H groups in total. The number of aliphatic imine (C=N–C) groups is 1. The fourth-order valence-electron chi connectivity index (χ4n) is 2.29. The fourth-order valence-corrected chi connectivity index (χ4v) is 3.93. The van der Waals surface area contributed by atoms with Gasteiger partial charge in [-0.2, -0.15) is 0 Å². The van der Waals surface area contributed by atoms with Gasteiger partial charge in [-0.25, -0.2) is 13.4 Å². The van der Waals surface area contributed by atoms with Crippen molar-refractivity contribution >= 4 is 43.4 Å². The predicted octanol–water partition coefficient (Wildman–Crippen LogP) is 2.13. The predicted molar refractivity (Wildman–Crippen MR) is 94.7 cm³/mol. The molecule has 2 aromatic carbocycles. The lowest BCUT2D eigenvalue weighted by Crippen LogP contribution is -2.44. The second-order valence-corrected chi connectivity index (χ2v) is 7.64. The number of carbonyl (C=O) groups is 1. The normalized spacial score (nSPS) is 15.0. The maximum Gasteiger partial charge on any atom is 0.287 e. The van der Waals surface area contributed by atoms with Crippen molar-refractivity contribution in [2.45, 2.75) is 11.3 Å². The summed E-state index contributed by atoms with van der Waals surface area (Å²) in [5, 5.41) is 2.68. The van der Waals surface area contributed by atoms with E-state index >= 15 is 0 Å². The van der Waals surface area contributed by atoms with Gasteiger partial charge in [0.05, 0.1) is 5.69 Å². The van der Waals surface area contributed by atoms with Crippen LogP contribution in [0.5, 0.6) is 0 Å². The number of nitrogens with zero attached hydrogens (tertiary/aromatic N) is 1. The first-order chi connectivity index (χ1) is 11.5. The van der Waals surface area contributed by atoms with E-state index in [4.69, 9.17) is 0 Å². The SMILES string of the molecule is O=C(NCCc1ccccc1Br)C1=Nc2ccccc2S(=O)(=O)N1. The van der Waals surface area contributed by atoms with Crippen LogP contribution < -0.4 is 10.0 Å². The van der Waals surface area contributed by atoms with Gasteiger partial charge < -0.3 is 5.32 Å². The molecule has 0 bridgehead atoms. The molecular weight excluding hydrogens is 394 g/mol. The van der Waals surface area contributed by atoms with E-state index in [2.05, 4.69) is 31.0 Å². The molecule has 0 saturated heterocycles. The first kappa shape index (κ1) is 16.7. The van der Waals surface area contributed by atoms with E-state index in [1.807, 2.05) is 24.3 Å². The zero-order valence-corrected chi connectivity index (χ0v) is 14.9. The van der Waals surface area contributed by atoms with E-state index in [9.17, 15) is 13.2 Å². The van der Waals surface area contributed by atoms with Crippen LogP contribution in [0.4, 0.5) is 5.69 Å². The Morgan fingerprint density at radius 2 is 1.83 bits per heavy atom. The summed E-state index contributed by atoms with van der Waals surface area (Å²) in [6.45, 7) is 0.365. The minimum absolute atomic E-state index is 0.0646. The van der Waals surface area contributed by atoms with Crippen molar-refractivity contribution in [3.8, 4) is 0 Å². The van der Waals surface area contributed by atoms with Crippen molar-refractivity contribution < 1.29 is 13.2 Å². The lowest BCUT2D eigenvalue weighted by molar-refractivity contribution is -0.114. The third-order valence-electron chi connectivity index (χ3n) is 3.47. The highest BCUT2D eigenvalue weighted by atomic mass is 79.9. The van der Waals surface area contributed by atoms with Gasteiger partial charge in [0.15, 0.2) is 0 Å². The first-order valence-electron chi connectivity index (χ1n) is 7.19. The maximum absolute atomic E-state index is 12.2. The number of amidine groups is 1. The Morgan fingerprint density at radius 3 is 2.62 bits per heavy atom. The van der Waals surface area contributed by atoms with Gasteiger partial charge in [0, 0.05) is 11.0 Å². The molecule has 3 rings (SSSR count). The molecule has 6 nitrogen and oxygen atoms in total. The number of rotatable bonds is 4. The van der Waals surface area contributed by atoms with Crippen LogP contribution in [-0.4, -0.2) is 26.7 Å². The molecule has 1 heterocycles. The van der Waals surface area contributed by atoms with E-state index in [1.165, 1.54) is 6.07 Å². The minimum Gasteiger partial charge on any atom is -0.349 e. The van der Waals surface area contributed by atoms with Gasteiger partial charge in [-0.15, -0.1) is 0 Å². The van der Waals surface area contributed by atoms with Gasteiger partial charge in [-0.1, -0.05) is 46.3 Å². The van der Waals surface area contributed by atoms with E-state index in [-0.39, 0.29) is 16.4 Å². The third-order valence-corrected chi connectivity index (χ3v) is 5.63. The number of amides is 1. The highest BCUT2D eigenvalue weighted by Crippen LogP contribution is 2.26. The minimum atomic E-state index is -3.77. The molecule has 0 aliphatic carbocycles. The summed E-state index contributed by atoms with van der Waals surface area (Å²) in [6, 6.07) is 14.0.